The Kier molecular flexibility index (Phi) is 7.13. The monoisotopic (exact) mass is 409 g/mol. The molecular weight excluding hydrogens is 390 g/mol. The van der Waals surface area contributed by atoms with E-state index in [0.717, 1.165) is 21.9 Å². The van der Waals surface area contributed by atoms with Gasteiger partial charge in [0, 0.05) is 20.1 Å². The molecule has 0 aromatic carbocycles. The van der Waals surface area contributed by atoms with E-state index in [0.29, 0.717) is 30.6 Å². The smallest absolute Gasteiger partial charge is 0.241 e. The fourth-order valence-electron chi connectivity index (χ4n) is 1.82. The average Bonchev–Trinajstić information content (AvgIpc) is 2.99. The van der Waals surface area contributed by atoms with Gasteiger partial charge in [-0.2, -0.15) is 4.31 Å². The van der Waals surface area contributed by atoms with Crippen LogP contribution < -0.4 is 5.32 Å². The maximum Gasteiger partial charge on any atom is 0.241 e. The summed E-state index contributed by atoms with van der Waals surface area (Å²) in [6.45, 7) is 1.96. The number of nitrogens with zero attached hydrogens (tertiary/aromatic N) is 4. The fourth-order valence-corrected chi connectivity index (χ4v) is 3.85. The molecule has 1 fully saturated rings. The van der Waals surface area contributed by atoms with Crippen LogP contribution in [0.5, 0.6) is 0 Å². The van der Waals surface area contributed by atoms with Crippen molar-refractivity contribution in [3.05, 3.63) is 0 Å². The predicted molar refractivity (Wildman–Crippen MR) is 94.1 cm³/mol. The van der Waals surface area contributed by atoms with Crippen LogP contribution in [-0.4, -0.2) is 91.5 Å². The van der Waals surface area contributed by atoms with Crippen LogP contribution in [0.1, 0.15) is 0 Å². The molecule has 1 aliphatic heterocycles. The molecule has 13 heteroatoms. The number of thioether (sulfide) groups is 1. The summed E-state index contributed by atoms with van der Waals surface area (Å²) in [4.78, 5) is 25.6. The van der Waals surface area contributed by atoms with Gasteiger partial charge in [0.05, 0.1) is 31.8 Å². The number of nitrogens with one attached hydrogen (secondary N) is 1. The van der Waals surface area contributed by atoms with Crippen LogP contribution in [0.25, 0.3) is 0 Å². The van der Waals surface area contributed by atoms with Gasteiger partial charge in [0.2, 0.25) is 27.0 Å². The van der Waals surface area contributed by atoms with E-state index in [1.807, 2.05) is 0 Å². The highest BCUT2D eigenvalue weighted by Crippen LogP contribution is 2.25. The van der Waals surface area contributed by atoms with Crippen LogP contribution in [-0.2, 0) is 24.3 Å². The summed E-state index contributed by atoms with van der Waals surface area (Å²) < 4.78 is 29.2. The Hall–Kier alpha value is -1.28. The topological polar surface area (TPSA) is 122 Å². The van der Waals surface area contributed by atoms with Crippen molar-refractivity contribution in [2.45, 2.75) is 4.34 Å². The predicted octanol–water partition coefficient (Wildman–Crippen LogP) is -0.681. The quantitative estimate of drug-likeness (QED) is 0.464. The zero-order valence-corrected chi connectivity index (χ0v) is 16.2. The lowest BCUT2D eigenvalue weighted by atomic mass is 10.4. The van der Waals surface area contributed by atoms with Crippen LogP contribution in [0.2, 0.25) is 0 Å². The number of rotatable bonds is 7. The third-order valence-electron chi connectivity index (χ3n) is 3.27. The number of sulfonamides is 1. The highest BCUT2D eigenvalue weighted by molar-refractivity contribution is 8.01. The number of anilines is 1. The lowest BCUT2D eigenvalue weighted by molar-refractivity contribution is -0.132. The van der Waals surface area contributed by atoms with E-state index < -0.39 is 15.9 Å². The molecule has 1 N–H and O–H groups in total. The number of aromatic nitrogens is 2. The molecule has 140 valence electrons. The minimum atomic E-state index is -3.43. The van der Waals surface area contributed by atoms with Gasteiger partial charge in [-0.1, -0.05) is 23.1 Å². The van der Waals surface area contributed by atoms with Gasteiger partial charge in [0.1, 0.15) is 0 Å². The molecule has 1 saturated heterocycles. The first kappa shape index (κ1) is 20.0. The molecule has 0 saturated carbocycles. The molecule has 0 unspecified atom stereocenters. The van der Waals surface area contributed by atoms with Gasteiger partial charge in [-0.3, -0.25) is 14.9 Å². The third kappa shape index (κ3) is 6.51. The number of carbonyl (C=O) groups excluding carboxylic acids is 2. The van der Waals surface area contributed by atoms with Gasteiger partial charge in [-0.25, -0.2) is 8.42 Å². The van der Waals surface area contributed by atoms with Gasteiger partial charge in [-0.15, -0.1) is 10.2 Å². The normalized spacial score (nSPS) is 15.4. The first-order valence-corrected chi connectivity index (χ1v) is 10.9. The first-order valence-electron chi connectivity index (χ1n) is 7.28. The Morgan fingerprint density at radius 1 is 1.36 bits per heavy atom. The molecule has 2 heterocycles. The Morgan fingerprint density at radius 2 is 2.04 bits per heavy atom. The lowest BCUT2D eigenvalue weighted by Gasteiger charge is -2.26. The number of hydrogen-bond donors (Lipinski definition) is 1. The SMILES string of the molecule is CN(CC(=O)Nc1nnc(SCC(=O)N2CCOCC2)s1)S(C)(=O)=O. The van der Waals surface area contributed by atoms with Crippen LogP contribution in [0.4, 0.5) is 5.13 Å². The molecule has 10 nitrogen and oxygen atoms in total. The zero-order chi connectivity index (χ0) is 18.4. The zero-order valence-electron chi connectivity index (χ0n) is 13.8. The number of morpholine rings is 1. The van der Waals surface area contributed by atoms with Crippen LogP contribution in [0, 0.1) is 0 Å². The Labute approximate surface area is 154 Å². The van der Waals surface area contributed by atoms with Gasteiger partial charge < -0.3 is 9.64 Å². The summed E-state index contributed by atoms with van der Waals surface area (Å²) in [7, 11) is -2.12. The van der Waals surface area contributed by atoms with E-state index in [1.165, 1.54) is 18.8 Å². The summed E-state index contributed by atoms with van der Waals surface area (Å²) in [5, 5.41) is 10.5. The van der Waals surface area contributed by atoms with Crippen molar-refractivity contribution in [2.75, 3.05) is 57.2 Å². The van der Waals surface area contributed by atoms with Crippen LogP contribution in [0.3, 0.4) is 0 Å². The second-order valence-corrected chi connectivity index (χ2v) is 9.51. The lowest BCUT2D eigenvalue weighted by Crippen LogP contribution is -2.41. The molecule has 1 aromatic rings. The highest BCUT2D eigenvalue weighted by Gasteiger charge is 2.19. The largest absolute Gasteiger partial charge is 0.378 e. The van der Waals surface area contributed by atoms with Gasteiger partial charge in [-0.05, 0) is 0 Å². The minimum Gasteiger partial charge on any atom is -0.378 e. The van der Waals surface area contributed by atoms with E-state index in [9.17, 15) is 18.0 Å². The van der Waals surface area contributed by atoms with Crippen molar-refractivity contribution in [3.8, 4) is 0 Å². The van der Waals surface area contributed by atoms with Gasteiger partial charge in [0.25, 0.3) is 0 Å². The van der Waals surface area contributed by atoms with E-state index in [4.69, 9.17) is 4.74 Å². The van der Waals surface area contributed by atoms with Crippen molar-refractivity contribution in [1.29, 1.82) is 0 Å². The summed E-state index contributed by atoms with van der Waals surface area (Å²) in [5.41, 5.74) is 0. The number of hydrogen-bond acceptors (Lipinski definition) is 9. The van der Waals surface area contributed by atoms with Gasteiger partial charge in [0.15, 0.2) is 4.34 Å². The van der Waals surface area contributed by atoms with E-state index in [1.54, 1.807) is 4.90 Å². The number of amides is 2. The van der Waals surface area contributed by atoms with Crippen LogP contribution in [0.15, 0.2) is 4.34 Å². The summed E-state index contributed by atoms with van der Waals surface area (Å²) >= 11 is 2.37. The van der Waals surface area contributed by atoms with E-state index >= 15 is 0 Å². The fraction of sp³-hybridized carbons (Fsp3) is 0.667. The standard InChI is InChI=1S/C12H19N5O5S3/c1-16(25(2,20)21)7-9(18)13-11-14-15-12(24-11)23-8-10(19)17-3-5-22-6-4-17/h3-8H2,1-2H3,(H,13,14,18). The molecule has 2 amide bonds. The Morgan fingerprint density at radius 3 is 2.68 bits per heavy atom. The number of carbonyl (C=O) groups is 2. The first-order chi connectivity index (χ1) is 11.8. The molecule has 0 aliphatic carbocycles. The number of ether oxygens (including phenoxy) is 1. The Bertz CT molecular complexity index is 716. The second kappa shape index (κ2) is 8.89. The summed E-state index contributed by atoms with van der Waals surface area (Å²) in [6, 6.07) is 0. The third-order valence-corrected chi connectivity index (χ3v) is 6.49. The van der Waals surface area contributed by atoms with Gasteiger partial charge >= 0.3 is 0 Å². The van der Waals surface area contributed by atoms with Crippen molar-refractivity contribution in [3.63, 3.8) is 0 Å². The second-order valence-electron chi connectivity index (χ2n) is 5.22. The van der Waals surface area contributed by atoms with E-state index in [2.05, 4.69) is 15.5 Å². The molecule has 0 spiro atoms. The molecule has 0 radical (unpaired) electrons. The maximum absolute atomic E-state index is 12.0. The molecular formula is C12H19N5O5S3. The van der Waals surface area contributed by atoms with Crippen LogP contribution >= 0.6 is 23.1 Å². The van der Waals surface area contributed by atoms with E-state index in [-0.39, 0.29) is 23.3 Å². The highest BCUT2D eigenvalue weighted by atomic mass is 32.2. The number of likely N-dealkylation sites (N-methyl/N-ethyl adjacent to an activating group) is 1. The van der Waals surface area contributed by atoms with Crippen molar-refractivity contribution < 1.29 is 22.7 Å². The molecule has 0 bridgehead atoms. The van der Waals surface area contributed by atoms with Crippen molar-refractivity contribution in [2.24, 2.45) is 0 Å². The molecule has 25 heavy (non-hydrogen) atoms. The summed E-state index contributed by atoms with van der Waals surface area (Å²) in [5.74, 6) is -0.270. The molecule has 0 atom stereocenters. The van der Waals surface area contributed by atoms with Crippen molar-refractivity contribution in [1.82, 2.24) is 19.4 Å². The summed E-state index contributed by atoms with van der Waals surface area (Å²) in [6.07, 6.45) is 1.02. The minimum absolute atomic E-state index is 0.00358. The average molecular weight is 410 g/mol. The Balaban J connectivity index is 1.79. The molecule has 1 aromatic heterocycles. The molecule has 1 aliphatic rings. The maximum atomic E-state index is 12.0. The molecule has 2 rings (SSSR count). The van der Waals surface area contributed by atoms with Crippen molar-refractivity contribution >= 4 is 50.1 Å².